The highest BCUT2D eigenvalue weighted by Crippen LogP contribution is 2.02. The lowest BCUT2D eigenvalue weighted by Crippen LogP contribution is -2.45. The molecule has 116 valence electrons. The molecule has 0 saturated carbocycles. The van der Waals surface area contributed by atoms with Crippen LogP contribution in [0, 0.1) is 11.5 Å². The van der Waals surface area contributed by atoms with Crippen molar-refractivity contribution in [1.82, 2.24) is 9.80 Å². The molecular formula is C11H15N3O6S. The maximum Gasteiger partial charge on any atom is 0.340 e. The van der Waals surface area contributed by atoms with Gasteiger partial charge in [0, 0.05) is 31.5 Å². The van der Waals surface area contributed by atoms with E-state index in [-0.39, 0.29) is 6.54 Å². The summed E-state index contributed by atoms with van der Waals surface area (Å²) in [5.74, 6) is -2.90. The van der Waals surface area contributed by atoms with Crippen LogP contribution in [0.2, 0.25) is 0 Å². The van der Waals surface area contributed by atoms with Crippen LogP contribution < -0.4 is 0 Å². The molecule has 9 nitrogen and oxygen atoms in total. The first-order valence-corrected chi connectivity index (χ1v) is 7.80. The monoisotopic (exact) mass is 317 g/mol. The first-order valence-electron chi connectivity index (χ1n) is 5.73. The van der Waals surface area contributed by atoms with Crippen molar-refractivity contribution >= 4 is 27.7 Å². The molecule has 0 aliphatic heterocycles. The number of nitrogens with zero attached hydrogens (tertiary/aromatic N) is 3. The van der Waals surface area contributed by atoms with E-state index < -0.39 is 40.0 Å². The molecule has 0 fully saturated rings. The second-order valence-corrected chi connectivity index (χ2v) is 6.18. The molecular weight excluding hydrogens is 302 g/mol. The summed E-state index contributed by atoms with van der Waals surface area (Å²) < 4.78 is 22.2. The predicted molar refractivity (Wildman–Crippen MR) is 71.6 cm³/mol. The number of nitriles is 1. The molecule has 0 aromatic heterocycles. The van der Waals surface area contributed by atoms with Crippen LogP contribution in [0.25, 0.3) is 0 Å². The van der Waals surface area contributed by atoms with Gasteiger partial charge in [-0.15, -0.1) is 0 Å². The van der Waals surface area contributed by atoms with E-state index in [1.807, 2.05) is 0 Å². The Bertz CT molecular complexity index is 590. The van der Waals surface area contributed by atoms with Gasteiger partial charge in [-0.05, 0) is 6.92 Å². The summed E-state index contributed by atoms with van der Waals surface area (Å²) in [6.45, 7) is 1.01. The third-order valence-electron chi connectivity index (χ3n) is 2.22. The van der Waals surface area contributed by atoms with Gasteiger partial charge in [0.2, 0.25) is 0 Å². The molecule has 1 N–H and O–H groups in total. The van der Waals surface area contributed by atoms with Crippen LogP contribution in [0.5, 0.6) is 0 Å². The molecule has 0 aromatic carbocycles. The smallest absolute Gasteiger partial charge is 0.340 e. The molecule has 0 unspecified atom stereocenters. The fraction of sp³-hybridized carbons (Fsp3) is 0.455. The second-order valence-electron chi connectivity index (χ2n) is 3.92. The molecule has 10 heteroatoms. The van der Waals surface area contributed by atoms with E-state index in [0.717, 1.165) is 6.26 Å². The van der Waals surface area contributed by atoms with Gasteiger partial charge < -0.3 is 5.11 Å². The topological polar surface area (TPSA) is 136 Å². The number of carbonyl (C=O) groups excluding carboxylic acids is 2. The first-order chi connectivity index (χ1) is 9.62. The van der Waals surface area contributed by atoms with E-state index >= 15 is 0 Å². The molecule has 3 amide bonds. The van der Waals surface area contributed by atoms with Crippen molar-refractivity contribution in [2.24, 2.45) is 0 Å². The van der Waals surface area contributed by atoms with Crippen molar-refractivity contribution in [3.8, 4) is 6.19 Å². The number of urea groups is 1. The maximum absolute atomic E-state index is 11.9. The number of sulfone groups is 1. The van der Waals surface area contributed by atoms with Gasteiger partial charge in [0.15, 0.2) is 6.19 Å². The Kier molecular flexibility index (Phi) is 7.09. The highest BCUT2D eigenvalue weighted by molar-refractivity contribution is 7.90. The molecule has 0 aromatic rings. The van der Waals surface area contributed by atoms with Gasteiger partial charge in [-0.2, -0.15) is 5.26 Å². The van der Waals surface area contributed by atoms with Crippen molar-refractivity contribution in [2.75, 3.05) is 25.1 Å². The molecule has 0 saturated heterocycles. The Morgan fingerprint density at radius 1 is 1.29 bits per heavy atom. The average Bonchev–Trinajstić information content (AvgIpc) is 2.36. The number of hydrogen-bond acceptors (Lipinski definition) is 6. The number of amides is 3. The number of carboxylic acid groups (broad SMARTS) is 1. The quantitative estimate of drug-likeness (QED) is 0.393. The number of aliphatic carboxylic acids is 1. The zero-order valence-corrected chi connectivity index (χ0v) is 12.3. The minimum absolute atomic E-state index is 0.0133. The zero-order chi connectivity index (χ0) is 16.6. The summed E-state index contributed by atoms with van der Waals surface area (Å²) in [4.78, 5) is 35.2. The van der Waals surface area contributed by atoms with Crippen molar-refractivity contribution in [1.29, 1.82) is 5.26 Å². The minimum atomic E-state index is -3.44. The molecule has 0 rings (SSSR count). The lowest BCUT2D eigenvalue weighted by atomic mass is 10.4. The molecule has 0 spiro atoms. The SMILES string of the molecule is CCN(C#N)C(=O)N(CCS(C)(=O)=O)C(=O)C=CC(=O)O. The van der Waals surface area contributed by atoms with E-state index in [9.17, 15) is 22.8 Å². The van der Waals surface area contributed by atoms with Gasteiger partial charge in [-0.3, -0.25) is 9.69 Å². The summed E-state index contributed by atoms with van der Waals surface area (Å²) in [6, 6.07) is -1.01. The molecule has 0 heterocycles. The second kappa shape index (κ2) is 8.01. The van der Waals surface area contributed by atoms with Crippen LogP contribution in [-0.4, -0.2) is 66.3 Å². The molecule has 0 aliphatic rings. The van der Waals surface area contributed by atoms with Gasteiger partial charge in [0.25, 0.3) is 5.91 Å². The first kappa shape index (κ1) is 18.6. The van der Waals surface area contributed by atoms with Crippen LogP contribution in [-0.2, 0) is 19.4 Å². The standard InChI is InChI=1S/C11H15N3O6S/c1-3-13(8-12)11(18)14(6-7-21(2,19)20)9(15)4-5-10(16)17/h4-5H,3,6-7H2,1-2H3,(H,16,17). The Balaban J connectivity index is 5.27. The summed E-state index contributed by atoms with van der Waals surface area (Å²) in [5.41, 5.74) is 0. The van der Waals surface area contributed by atoms with Gasteiger partial charge in [0.1, 0.15) is 9.84 Å². The van der Waals surface area contributed by atoms with Crippen molar-refractivity contribution in [3.05, 3.63) is 12.2 Å². The number of hydrogen-bond donors (Lipinski definition) is 1. The highest BCUT2D eigenvalue weighted by atomic mass is 32.2. The molecule has 0 aliphatic carbocycles. The highest BCUT2D eigenvalue weighted by Gasteiger charge is 2.25. The Hall–Kier alpha value is -2.41. The summed E-state index contributed by atoms with van der Waals surface area (Å²) in [7, 11) is -3.44. The third-order valence-corrected chi connectivity index (χ3v) is 3.14. The van der Waals surface area contributed by atoms with Crippen LogP contribution >= 0.6 is 0 Å². The van der Waals surface area contributed by atoms with Crippen molar-refractivity contribution < 1.29 is 27.9 Å². The number of carbonyl (C=O) groups is 3. The maximum atomic E-state index is 11.9. The molecule has 21 heavy (non-hydrogen) atoms. The Morgan fingerprint density at radius 2 is 1.86 bits per heavy atom. The average molecular weight is 317 g/mol. The number of imide groups is 1. The predicted octanol–water partition coefficient (Wildman–Crippen LogP) is -0.577. The lowest BCUT2D eigenvalue weighted by Gasteiger charge is -2.22. The van der Waals surface area contributed by atoms with Gasteiger partial charge in [0.05, 0.1) is 5.75 Å². The molecule has 0 radical (unpaired) electrons. The van der Waals surface area contributed by atoms with Crippen molar-refractivity contribution in [2.45, 2.75) is 6.92 Å². The van der Waals surface area contributed by atoms with E-state index in [1.54, 1.807) is 6.19 Å². The summed E-state index contributed by atoms with van der Waals surface area (Å²) >= 11 is 0. The van der Waals surface area contributed by atoms with Gasteiger partial charge >= 0.3 is 12.0 Å². The number of carboxylic acids is 1. The lowest BCUT2D eigenvalue weighted by molar-refractivity contribution is -0.132. The van der Waals surface area contributed by atoms with E-state index in [4.69, 9.17) is 10.4 Å². The third kappa shape index (κ3) is 7.07. The van der Waals surface area contributed by atoms with Crippen LogP contribution in [0.15, 0.2) is 12.2 Å². The van der Waals surface area contributed by atoms with E-state index in [0.29, 0.717) is 22.0 Å². The Morgan fingerprint density at radius 3 is 2.24 bits per heavy atom. The summed E-state index contributed by atoms with van der Waals surface area (Å²) in [6.07, 6.45) is 3.61. The van der Waals surface area contributed by atoms with Gasteiger partial charge in [-0.1, -0.05) is 0 Å². The Labute approximate surface area is 122 Å². The van der Waals surface area contributed by atoms with E-state index in [2.05, 4.69) is 0 Å². The van der Waals surface area contributed by atoms with Crippen LogP contribution in [0.4, 0.5) is 4.79 Å². The largest absolute Gasteiger partial charge is 0.478 e. The normalized spacial score (nSPS) is 10.9. The van der Waals surface area contributed by atoms with Crippen molar-refractivity contribution in [3.63, 3.8) is 0 Å². The van der Waals surface area contributed by atoms with E-state index in [1.165, 1.54) is 6.92 Å². The molecule has 0 atom stereocenters. The zero-order valence-electron chi connectivity index (χ0n) is 11.5. The summed E-state index contributed by atoms with van der Waals surface area (Å²) in [5, 5.41) is 17.2. The molecule has 0 bridgehead atoms. The fourth-order valence-electron chi connectivity index (χ4n) is 1.18. The van der Waals surface area contributed by atoms with Gasteiger partial charge in [-0.25, -0.2) is 22.9 Å². The van der Waals surface area contributed by atoms with Crippen LogP contribution in [0.1, 0.15) is 6.92 Å². The minimum Gasteiger partial charge on any atom is -0.478 e. The number of rotatable bonds is 6. The van der Waals surface area contributed by atoms with Crippen LogP contribution in [0.3, 0.4) is 0 Å². The fourth-order valence-corrected chi connectivity index (χ4v) is 1.70.